The van der Waals surface area contributed by atoms with E-state index in [1.54, 1.807) is 19.6 Å². The molecule has 7 nitrogen and oxygen atoms in total. The highest BCUT2D eigenvalue weighted by molar-refractivity contribution is 5.70. The summed E-state index contributed by atoms with van der Waals surface area (Å²) in [6, 6.07) is 12.7. The lowest BCUT2D eigenvalue weighted by Crippen LogP contribution is -2.68. The number of nitrogens with zero attached hydrogens (tertiary/aromatic N) is 1. The van der Waals surface area contributed by atoms with Crippen LogP contribution in [0.2, 0.25) is 0 Å². The van der Waals surface area contributed by atoms with E-state index in [0.29, 0.717) is 0 Å². The summed E-state index contributed by atoms with van der Waals surface area (Å²) in [7, 11) is -3.21. The van der Waals surface area contributed by atoms with E-state index in [1.807, 2.05) is 6.07 Å². The molecule has 1 aliphatic rings. The Bertz CT molecular complexity index is 883. The van der Waals surface area contributed by atoms with E-state index in [2.05, 4.69) is 41.1 Å². The molecule has 0 aliphatic carbocycles. The zero-order valence-electron chi connectivity index (χ0n) is 13.9. The Morgan fingerprint density at radius 2 is 1.73 bits per heavy atom. The van der Waals surface area contributed by atoms with Gasteiger partial charge in [-0.25, -0.2) is 18.6 Å². The number of hydrogen-bond acceptors (Lipinski definition) is 6. The SMILES string of the molecule is COc1c(-c2ccoc2)cc[n+]2c1Cc1ccccc1C2.[O-][Cl+3]([O-])([O-])[O-]. The molecule has 26 heavy (non-hydrogen) atoms. The number of pyridine rings is 1. The number of halogens is 1. The molecule has 3 heterocycles. The van der Waals surface area contributed by atoms with Gasteiger partial charge in [0.15, 0.2) is 18.5 Å². The van der Waals surface area contributed by atoms with Gasteiger partial charge in [0, 0.05) is 22.8 Å². The van der Waals surface area contributed by atoms with Crippen LogP contribution >= 0.6 is 0 Å². The second kappa shape index (κ2) is 7.45. The Morgan fingerprint density at radius 3 is 2.35 bits per heavy atom. The summed E-state index contributed by atoms with van der Waals surface area (Å²) in [4.78, 5) is 0. The third kappa shape index (κ3) is 4.21. The van der Waals surface area contributed by atoms with E-state index in [9.17, 15) is 0 Å². The highest BCUT2D eigenvalue weighted by Gasteiger charge is 2.27. The lowest BCUT2D eigenvalue weighted by molar-refractivity contribution is -2.00. The van der Waals surface area contributed by atoms with Crippen LogP contribution in [0.3, 0.4) is 0 Å². The average Bonchev–Trinajstić information content (AvgIpc) is 3.12. The first-order chi connectivity index (χ1) is 12.4. The summed E-state index contributed by atoms with van der Waals surface area (Å²) in [5, 5.41) is 0. The predicted molar refractivity (Wildman–Crippen MR) is 79.2 cm³/mol. The van der Waals surface area contributed by atoms with Crippen molar-refractivity contribution in [2.45, 2.75) is 13.0 Å². The molecule has 0 spiro atoms. The van der Waals surface area contributed by atoms with Gasteiger partial charge in [0.05, 0.1) is 26.1 Å². The molecule has 0 bridgehead atoms. The Hall–Kier alpha value is -2.42. The van der Waals surface area contributed by atoms with Crippen LogP contribution in [0, 0.1) is 10.2 Å². The van der Waals surface area contributed by atoms with Gasteiger partial charge in [-0.05, 0) is 11.6 Å². The van der Waals surface area contributed by atoms with Crippen LogP contribution in [-0.2, 0) is 13.0 Å². The highest BCUT2D eigenvalue weighted by atomic mass is 35.7. The van der Waals surface area contributed by atoms with Crippen molar-refractivity contribution in [1.29, 1.82) is 0 Å². The minimum absolute atomic E-state index is 0.894. The molecule has 0 amide bonds. The number of ether oxygens (including phenoxy) is 1. The summed E-state index contributed by atoms with van der Waals surface area (Å²) in [6.07, 6.45) is 6.48. The summed E-state index contributed by atoms with van der Waals surface area (Å²) in [5.74, 6) is 0.938. The van der Waals surface area contributed by atoms with Gasteiger partial charge in [0.1, 0.15) is 0 Å². The molecule has 0 fully saturated rings. The maximum absolute atomic E-state index is 8.49. The minimum atomic E-state index is -4.94. The topological polar surface area (TPSA) is 118 Å². The van der Waals surface area contributed by atoms with Crippen LogP contribution < -0.4 is 27.9 Å². The predicted octanol–water partition coefficient (Wildman–Crippen LogP) is -1.56. The van der Waals surface area contributed by atoms with Gasteiger partial charge in [0.2, 0.25) is 5.69 Å². The molecule has 136 valence electrons. The van der Waals surface area contributed by atoms with E-state index < -0.39 is 10.2 Å². The first-order valence-electron chi connectivity index (χ1n) is 7.67. The number of fused-ring (bicyclic) bond motifs is 2. The molecule has 1 aromatic carbocycles. The third-order valence-electron chi connectivity index (χ3n) is 4.13. The minimum Gasteiger partial charge on any atom is -0.490 e. The largest absolute Gasteiger partial charge is 0.490 e. The smallest absolute Gasteiger partial charge is 0.229 e. The van der Waals surface area contributed by atoms with Crippen LogP contribution in [0.1, 0.15) is 16.8 Å². The first-order valence-corrected chi connectivity index (χ1v) is 8.90. The Morgan fingerprint density at radius 1 is 1.04 bits per heavy atom. The van der Waals surface area contributed by atoms with E-state index in [4.69, 9.17) is 27.8 Å². The van der Waals surface area contributed by atoms with Crippen molar-refractivity contribution in [2.75, 3.05) is 7.11 Å². The molecular weight excluding hydrogens is 362 g/mol. The average molecular weight is 378 g/mol. The van der Waals surface area contributed by atoms with E-state index in [-0.39, 0.29) is 0 Å². The quantitative estimate of drug-likeness (QED) is 0.390. The fourth-order valence-corrected chi connectivity index (χ4v) is 3.07. The maximum atomic E-state index is 8.49. The summed E-state index contributed by atoms with van der Waals surface area (Å²) < 4.78 is 47.2. The molecule has 1 aliphatic heterocycles. The first kappa shape index (κ1) is 18.4. The second-order valence-electron chi connectivity index (χ2n) is 5.67. The second-order valence-corrected chi connectivity index (χ2v) is 6.43. The summed E-state index contributed by atoms with van der Waals surface area (Å²) in [5.41, 5.74) is 6.11. The van der Waals surface area contributed by atoms with Crippen molar-refractivity contribution in [3.63, 3.8) is 0 Å². The Balaban J connectivity index is 0.000000349. The number of furan rings is 1. The van der Waals surface area contributed by atoms with Gasteiger partial charge >= 0.3 is 0 Å². The van der Waals surface area contributed by atoms with Crippen LogP contribution in [0.25, 0.3) is 11.1 Å². The van der Waals surface area contributed by atoms with Crippen molar-refractivity contribution >= 4 is 0 Å². The zero-order valence-corrected chi connectivity index (χ0v) is 14.6. The molecule has 0 radical (unpaired) electrons. The lowest BCUT2D eigenvalue weighted by atomic mass is 9.96. The fourth-order valence-electron chi connectivity index (χ4n) is 3.07. The van der Waals surface area contributed by atoms with Crippen molar-refractivity contribution < 1.29 is 42.6 Å². The monoisotopic (exact) mass is 377 g/mol. The number of aromatic nitrogens is 1. The van der Waals surface area contributed by atoms with Gasteiger partial charge in [-0.2, -0.15) is 4.57 Å². The maximum Gasteiger partial charge on any atom is 0.229 e. The molecule has 8 heteroatoms. The molecule has 3 aromatic rings. The third-order valence-corrected chi connectivity index (χ3v) is 4.13. The van der Waals surface area contributed by atoms with Crippen LogP contribution in [-0.4, -0.2) is 7.11 Å². The number of hydrogen-bond donors (Lipinski definition) is 0. The van der Waals surface area contributed by atoms with Crippen molar-refractivity contribution in [2.24, 2.45) is 0 Å². The highest BCUT2D eigenvalue weighted by Crippen LogP contribution is 2.34. The van der Waals surface area contributed by atoms with Gasteiger partial charge in [-0.1, -0.05) is 24.3 Å². The molecule has 2 aromatic heterocycles. The Labute approximate surface area is 152 Å². The van der Waals surface area contributed by atoms with Gasteiger partial charge in [-0.3, -0.25) is 0 Å². The normalized spacial score (nSPS) is 12.5. The van der Waals surface area contributed by atoms with Crippen LogP contribution in [0.4, 0.5) is 0 Å². The number of rotatable bonds is 2. The molecular formula is C18H16ClNO6. The Kier molecular flexibility index (Phi) is 5.26. The molecule has 0 unspecified atom stereocenters. The fraction of sp³-hybridized carbons (Fsp3) is 0.167. The van der Waals surface area contributed by atoms with Gasteiger partial charge in [0.25, 0.3) is 0 Å². The van der Waals surface area contributed by atoms with Crippen molar-refractivity contribution in [1.82, 2.24) is 0 Å². The van der Waals surface area contributed by atoms with Gasteiger partial charge < -0.3 is 9.15 Å². The van der Waals surface area contributed by atoms with Gasteiger partial charge in [-0.15, -0.1) is 10.2 Å². The number of benzene rings is 1. The van der Waals surface area contributed by atoms with E-state index in [1.165, 1.54) is 16.8 Å². The van der Waals surface area contributed by atoms with Crippen LogP contribution in [0.15, 0.2) is 59.5 Å². The van der Waals surface area contributed by atoms with Crippen molar-refractivity contribution in [3.8, 4) is 16.9 Å². The van der Waals surface area contributed by atoms with E-state index in [0.717, 1.165) is 29.8 Å². The standard InChI is InChI=1S/C18H16NO2.ClHO4/c1-20-18-16(15-7-9-21-12-15)6-8-19-11-14-5-3-2-4-13(14)10-17(18)19;2-1(3,4)5/h2-9,12H,10-11H2,1H3;(H,2,3,4,5)/q+1;/p-1. The molecule has 0 N–H and O–H groups in total. The number of methoxy groups -OCH3 is 1. The molecule has 0 saturated heterocycles. The zero-order chi connectivity index (χ0) is 18.7. The van der Waals surface area contributed by atoms with E-state index >= 15 is 0 Å². The lowest BCUT2D eigenvalue weighted by Gasteiger charge is -2.18. The van der Waals surface area contributed by atoms with Crippen molar-refractivity contribution in [3.05, 3.63) is 71.9 Å². The molecule has 4 rings (SSSR count). The summed E-state index contributed by atoms with van der Waals surface area (Å²) >= 11 is 0. The molecule has 0 atom stereocenters. The van der Waals surface area contributed by atoms with Crippen LogP contribution in [0.5, 0.6) is 5.75 Å². The summed E-state index contributed by atoms with van der Waals surface area (Å²) in [6.45, 7) is 0.896. The molecule has 0 saturated carbocycles.